The van der Waals surface area contributed by atoms with E-state index >= 15 is 0 Å². The van der Waals surface area contributed by atoms with E-state index in [2.05, 4.69) is 25.9 Å². The summed E-state index contributed by atoms with van der Waals surface area (Å²) in [5.41, 5.74) is 1.39. The standard InChI is InChI=1S/C10H6BrFN2/c11-8-2-1-7(5-9(8)12)10-6-13-3-4-14-10/h1-6H. The zero-order valence-corrected chi connectivity index (χ0v) is 8.70. The van der Waals surface area contributed by atoms with Crippen molar-refractivity contribution >= 4 is 15.9 Å². The molecule has 1 heterocycles. The highest BCUT2D eigenvalue weighted by Crippen LogP contribution is 2.22. The summed E-state index contributed by atoms with van der Waals surface area (Å²) >= 11 is 3.09. The van der Waals surface area contributed by atoms with Crippen molar-refractivity contribution in [3.8, 4) is 11.3 Å². The molecule has 0 amide bonds. The van der Waals surface area contributed by atoms with Gasteiger partial charge in [-0.1, -0.05) is 6.07 Å². The minimum absolute atomic E-state index is 0.298. The lowest BCUT2D eigenvalue weighted by molar-refractivity contribution is 0.621. The van der Waals surface area contributed by atoms with Crippen LogP contribution in [0.1, 0.15) is 0 Å². The maximum atomic E-state index is 13.2. The van der Waals surface area contributed by atoms with Crippen LogP contribution in [0.5, 0.6) is 0 Å². The van der Waals surface area contributed by atoms with Crippen molar-refractivity contribution < 1.29 is 4.39 Å². The van der Waals surface area contributed by atoms with Crippen molar-refractivity contribution in [2.75, 3.05) is 0 Å². The number of nitrogens with zero attached hydrogens (tertiary/aromatic N) is 2. The molecule has 0 aliphatic heterocycles. The molecule has 0 fully saturated rings. The summed E-state index contributed by atoms with van der Waals surface area (Å²) in [6.45, 7) is 0. The second-order valence-electron chi connectivity index (χ2n) is 2.72. The number of halogens is 2. The number of hydrogen-bond acceptors (Lipinski definition) is 2. The third-order valence-electron chi connectivity index (χ3n) is 1.78. The maximum Gasteiger partial charge on any atom is 0.138 e. The number of rotatable bonds is 1. The first-order valence-corrected chi connectivity index (χ1v) is 4.78. The highest BCUT2D eigenvalue weighted by Gasteiger charge is 2.03. The molecular weight excluding hydrogens is 247 g/mol. The second kappa shape index (κ2) is 3.84. The maximum absolute atomic E-state index is 13.2. The third kappa shape index (κ3) is 1.80. The molecule has 2 nitrogen and oxygen atoms in total. The average molecular weight is 253 g/mol. The molecule has 1 aromatic carbocycles. The van der Waals surface area contributed by atoms with Crippen LogP contribution >= 0.6 is 15.9 Å². The van der Waals surface area contributed by atoms with Gasteiger partial charge in [-0.15, -0.1) is 0 Å². The molecule has 0 N–H and O–H groups in total. The molecule has 1 aromatic heterocycles. The summed E-state index contributed by atoms with van der Waals surface area (Å²) < 4.78 is 13.6. The first-order valence-electron chi connectivity index (χ1n) is 3.99. The Hall–Kier alpha value is -1.29. The van der Waals surface area contributed by atoms with Crippen LogP contribution in [0.2, 0.25) is 0 Å². The van der Waals surface area contributed by atoms with E-state index in [0.717, 1.165) is 5.56 Å². The van der Waals surface area contributed by atoms with Gasteiger partial charge in [0.1, 0.15) is 5.82 Å². The molecule has 0 bridgehead atoms. The lowest BCUT2D eigenvalue weighted by atomic mass is 10.1. The Morgan fingerprint density at radius 1 is 1.21 bits per heavy atom. The highest BCUT2D eigenvalue weighted by molar-refractivity contribution is 9.10. The van der Waals surface area contributed by atoms with Gasteiger partial charge in [0.2, 0.25) is 0 Å². The molecule has 0 aliphatic carbocycles. The van der Waals surface area contributed by atoms with Crippen LogP contribution in [-0.2, 0) is 0 Å². The van der Waals surface area contributed by atoms with Gasteiger partial charge < -0.3 is 0 Å². The molecule has 0 spiro atoms. The molecule has 0 radical (unpaired) electrons. The van der Waals surface area contributed by atoms with E-state index in [0.29, 0.717) is 10.2 Å². The van der Waals surface area contributed by atoms with Gasteiger partial charge in [0.15, 0.2) is 0 Å². The zero-order valence-electron chi connectivity index (χ0n) is 7.11. The Morgan fingerprint density at radius 3 is 2.71 bits per heavy atom. The van der Waals surface area contributed by atoms with E-state index in [1.807, 2.05) is 0 Å². The first-order chi connectivity index (χ1) is 6.77. The summed E-state index contributed by atoms with van der Waals surface area (Å²) in [6, 6.07) is 4.87. The van der Waals surface area contributed by atoms with E-state index in [1.54, 1.807) is 30.7 Å². The normalized spacial score (nSPS) is 10.1. The summed E-state index contributed by atoms with van der Waals surface area (Å²) in [4.78, 5) is 7.99. The monoisotopic (exact) mass is 252 g/mol. The lowest BCUT2D eigenvalue weighted by Gasteiger charge is -2.00. The van der Waals surface area contributed by atoms with E-state index in [4.69, 9.17) is 0 Å². The molecule has 2 rings (SSSR count). The predicted octanol–water partition coefficient (Wildman–Crippen LogP) is 3.05. The third-order valence-corrected chi connectivity index (χ3v) is 2.42. The molecule has 0 saturated heterocycles. The summed E-state index contributed by atoms with van der Waals surface area (Å²) in [6.07, 6.45) is 4.76. The Kier molecular flexibility index (Phi) is 2.54. The summed E-state index contributed by atoms with van der Waals surface area (Å²) in [7, 11) is 0. The predicted molar refractivity (Wildman–Crippen MR) is 55.1 cm³/mol. The largest absolute Gasteiger partial charge is 0.261 e. The van der Waals surface area contributed by atoms with Gasteiger partial charge in [-0.05, 0) is 28.1 Å². The molecule has 4 heteroatoms. The molecule has 0 atom stereocenters. The van der Waals surface area contributed by atoms with Gasteiger partial charge >= 0.3 is 0 Å². The van der Waals surface area contributed by atoms with Crippen molar-refractivity contribution in [3.05, 3.63) is 47.1 Å². The zero-order chi connectivity index (χ0) is 9.97. The fourth-order valence-corrected chi connectivity index (χ4v) is 1.35. The van der Waals surface area contributed by atoms with Crippen LogP contribution in [0, 0.1) is 5.82 Å². The molecule has 14 heavy (non-hydrogen) atoms. The molecule has 0 aliphatic rings. The quantitative estimate of drug-likeness (QED) is 0.780. The minimum atomic E-state index is -0.298. The average Bonchev–Trinajstić information content (AvgIpc) is 2.23. The van der Waals surface area contributed by atoms with Crippen molar-refractivity contribution in [2.24, 2.45) is 0 Å². The highest BCUT2D eigenvalue weighted by atomic mass is 79.9. The first kappa shape index (κ1) is 9.27. The van der Waals surface area contributed by atoms with Crippen LogP contribution in [0.15, 0.2) is 41.3 Å². The number of aromatic nitrogens is 2. The Labute approximate surface area is 89.0 Å². The molecule has 2 aromatic rings. The van der Waals surface area contributed by atoms with E-state index in [9.17, 15) is 4.39 Å². The summed E-state index contributed by atoms with van der Waals surface area (Å²) in [5.74, 6) is -0.298. The number of benzene rings is 1. The Balaban J connectivity index is 2.48. The molecular formula is C10H6BrFN2. The van der Waals surface area contributed by atoms with Crippen LogP contribution in [0.25, 0.3) is 11.3 Å². The van der Waals surface area contributed by atoms with Crippen molar-refractivity contribution in [3.63, 3.8) is 0 Å². The van der Waals surface area contributed by atoms with Gasteiger partial charge in [0.05, 0.1) is 16.4 Å². The van der Waals surface area contributed by atoms with Crippen molar-refractivity contribution in [2.45, 2.75) is 0 Å². The van der Waals surface area contributed by atoms with Gasteiger partial charge in [-0.25, -0.2) is 4.39 Å². The fraction of sp³-hybridized carbons (Fsp3) is 0. The smallest absolute Gasteiger partial charge is 0.138 e. The van der Waals surface area contributed by atoms with E-state index < -0.39 is 0 Å². The Bertz CT molecular complexity index is 445. The van der Waals surface area contributed by atoms with Crippen LogP contribution in [0.4, 0.5) is 4.39 Å². The summed E-state index contributed by atoms with van der Waals surface area (Å²) in [5, 5.41) is 0. The Morgan fingerprint density at radius 2 is 2.07 bits per heavy atom. The number of hydrogen-bond donors (Lipinski definition) is 0. The van der Waals surface area contributed by atoms with Crippen LogP contribution in [0.3, 0.4) is 0 Å². The fourth-order valence-electron chi connectivity index (χ4n) is 1.10. The van der Waals surface area contributed by atoms with Gasteiger partial charge in [-0.3, -0.25) is 9.97 Å². The van der Waals surface area contributed by atoms with E-state index in [1.165, 1.54) is 6.07 Å². The molecule has 0 saturated carbocycles. The van der Waals surface area contributed by atoms with E-state index in [-0.39, 0.29) is 5.82 Å². The molecule has 70 valence electrons. The van der Waals surface area contributed by atoms with Crippen LogP contribution in [-0.4, -0.2) is 9.97 Å². The van der Waals surface area contributed by atoms with Crippen LogP contribution < -0.4 is 0 Å². The van der Waals surface area contributed by atoms with Gasteiger partial charge in [0.25, 0.3) is 0 Å². The van der Waals surface area contributed by atoms with Gasteiger partial charge in [-0.2, -0.15) is 0 Å². The van der Waals surface area contributed by atoms with Gasteiger partial charge in [0, 0.05) is 18.0 Å². The lowest BCUT2D eigenvalue weighted by Crippen LogP contribution is -1.85. The topological polar surface area (TPSA) is 25.8 Å². The minimum Gasteiger partial charge on any atom is -0.261 e. The molecule has 0 unspecified atom stereocenters. The van der Waals surface area contributed by atoms with Crippen molar-refractivity contribution in [1.82, 2.24) is 9.97 Å². The second-order valence-corrected chi connectivity index (χ2v) is 3.57. The van der Waals surface area contributed by atoms with Crippen molar-refractivity contribution in [1.29, 1.82) is 0 Å². The SMILES string of the molecule is Fc1cc(-c2cnccn2)ccc1Br.